The number of nitrogens with zero attached hydrogens (tertiary/aromatic N) is 1. The number of hydrogen-bond acceptors (Lipinski definition) is 4. The van der Waals surface area contributed by atoms with Crippen LogP contribution in [-0.4, -0.2) is 30.3 Å². The molecule has 126 valence electrons. The monoisotopic (exact) mass is 335 g/mol. The number of hydrogen-bond donors (Lipinski definition) is 2. The minimum Gasteiger partial charge on any atom is -0.381 e. The van der Waals surface area contributed by atoms with E-state index in [0.717, 1.165) is 56.4 Å². The average Bonchev–Trinajstić information content (AvgIpc) is 3.03. The summed E-state index contributed by atoms with van der Waals surface area (Å²) >= 11 is 1.65. The van der Waals surface area contributed by atoms with Crippen LogP contribution in [0.2, 0.25) is 0 Å². The van der Waals surface area contributed by atoms with Gasteiger partial charge in [0.15, 0.2) is 5.13 Å². The summed E-state index contributed by atoms with van der Waals surface area (Å²) < 4.78 is 5.42. The van der Waals surface area contributed by atoms with Crippen molar-refractivity contribution in [2.45, 2.75) is 57.9 Å². The molecule has 0 radical (unpaired) electrons. The molecule has 2 N–H and O–H groups in total. The molecule has 1 aromatic rings. The molecule has 1 spiro atoms. The van der Waals surface area contributed by atoms with E-state index in [9.17, 15) is 4.79 Å². The van der Waals surface area contributed by atoms with Gasteiger partial charge in [-0.2, -0.15) is 0 Å². The Bertz CT molecular complexity index is 595. The normalized spacial score (nSPS) is 28.2. The Hall–Kier alpha value is -1.14. The highest BCUT2D eigenvalue weighted by molar-refractivity contribution is 7.15. The number of anilines is 1. The lowest BCUT2D eigenvalue weighted by atomic mass is 9.89. The number of urea groups is 1. The van der Waals surface area contributed by atoms with Crippen LogP contribution >= 0.6 is 11.3 Å². The number of aryl methyl sites for hydroxylation is 1. The Morgan fingerprint density at radius 1 is 1.43 bits per heavy atom. The van der Waals surface area contributed by atoms with Crippen LogP contribution in [0.4, 0.5) is 9.93 Å². The molecule has 2 amide bonds. The molecule has 2 atom stereocenters. The predicted molar refractivity (Wildman–Crippen MR) is 91.0 cm³/mol. The molecule has 1 aliphatic heterocycles. The fourth-order valence-corrected chi connectivity index (χ4v) is 5.14. The van der Waals surface area contributed by atoms with Crippen molar-refractivity contribution in [1.82, 2.24) is 10.3 Å². The van der Waals surface area contributed by atoms with Crippen molar-refractivity contribution in [3.05, 3.63) is 10.6 Å². The number of rotatable bonds is 3. The minimum absolute atomic E-state index is 0.100. The Labute approximate surface area is 141 Å². The third-order valence-electron chi connectivity index (χ3n) is 5.82. The predicted octanol–water partition coefficient (Wildman–Crippen LogP) is 3.35. The first-order chi connectivity index (χ1) is 11.2. The molecule has 6 heteroatoms. The Morgan fingerprint density at radius 3 is 3.04 bits per heavy atom. The molecular weight excluding hydrogens is 310 g/mol. The van der Waals surface area contributed by atoms with Crippen molar-refractivity contribution in [2.24, 2.45) is 11.3 Å². The number of thiazole rings is 1. The van der Waals surface area contributed by atoms with E-state index in [1.54, 1.807) is 11.3 Å². The summed E-state index contributed by atoms with van der Waals surface area (Å²) in [5.74, 6) is 0.782. The van der Waals surface area contributed by atoms with Crippen LogP contribution in [0, 0.1) is 11.3 Å². The summed E-state index contributed by atoms with van der Waals surface area (Å²) in [6.45, 7) is 3.92. The Balaban J connectivity index is 1.32. The van der Waals surface area contributed by atoms with Crippen LogP contribution in [-0.2, 0) is 17.6 Å². The summed E-state index contributed by atoms with van der Waals surface area (Å²) in [5, 5.41) is 6.83. The Morgan fingerprint density at radius 2 is 2.26 bits per heavy atom. The molecule has 1 saturated heterocycles. The van der Waals surface area contributed by atoms with E-state index in [2.05, 4.69) is 22.5 Å². The van der Waals surface area contributed by atoms with Crippen LogP contribution in [0.3, 0.4) is 0 Å². The number of aromatic nitrogens is 1. The fraction of sp³-hybridized carbons (Fsp3) is 0.765. The van der Waals surface area contributed by atoms with Crippen LogP contribution in [0.5, 0.6) is 0 Å². The summed E-state index contributed by atoms with van der Waals surface area (Å²) in [6, 6.07) is 0.210. The Kier molecular flexibility index (Phi) is 4.05. The van der Waals surface area contributed by atoms with Crippen molar-refractivity contribution in [2.75, 3.05) is 18.5 Å². The van der Waals surface area contributed by atoms with Crippen molar-refractivity contribution >= 4 is 22.5 Å². The van der Waals surface area contributed by atoms with Gasteiger partial charge < -0.3 is 10.1 Å². The van der Waals surface area contributed by atoms with Crippen LogP contribution in [0.15, 0.2) is 0 Å². The highest BCUT2D eigenvalue weighted by atomic mass is 32.1. The zero-order valence-electron chi connectivity index (χ0n) is 13.7. The molecule has 0 bridgehead atoms. The third-order valence-corrected chi connectivity index (χ3v) is 6.86. The van der Waals surface area contributed by atoms with E-state index < -0.39 is 0 Å². The largest absolute Gasteiger partial charge is 0.381 e. The lowest BCUT2D eigenvalue weighted by Gasteiger charge is -2.22. The molecule has 3 aliphatic rings. The van der Waals surface area contributed by atoms with E-state index in [1.165, 1.54) is 23.4 Å². The number of fused-ring (bicyclic) bond motifs is 1. The molecule has 1 saturated carbocycles. The standard InChI is InChI=1S/C17H25N3O2S/c1-2-11-3-4-12-13(9-11)23-16(18-12)20-15(21)19-14-10-17(14)5-7-22-8-6-17/h11,14H,2-10H2,1H3,(H2,18,19,20,21). The molecule has 1 aromatic heterocycles. The maximum absolute atomic E-state index is 12.2. The van der Waals surface area contributed by atoms with Crippen molar-refractivity contribution in [3.8, 4) is 0 Å². The van der Waals surface area contributed by atoms with Crippen LogP contribution in [0.1, 0.15) is 49.6 Å². The van der Waals surface area contributed by atoms with Crippen molar-refractivity contribution in [1.29, 1.82) is 0 Å². The van der Waals surface area contributed by atoms with Gasteiger partial charge in [0.1, 0.15) is 0 Å². The highest BCUT2D eigenvalue weighted by Crippen LogP contribution is 2.53. The second-order valence-electron chi connectivity index (χ2n) is 7.24. The maximum Gasteiger partial charge on any atom is 0.321 e. The number of nitrogens with one attached hydrogen (secondary N) is 2. The fourth-order valence-electron chi connectivity index (χ4n) is 4.02. The third kappa shape index (κ3) is 3.11. The van der Waals surface area contributed by atoms with E-state index in [1.807, 2.05) is 0 Å². The molecule has 23 heavy (non-hydrogen) atoms. The van der Waals surface area contributed by atoms with E-state index in [4.69, 9.17) is 4.74 Å². The van der Waals surface area contributed by atoms with E-state index >= 15 is 0 Å². The van der Waals surface area contributed by atoms with Gasteiger partial charge in [-0.25, -0.2) is 9.78 Å². The summed E-state index contributed by atoms with van der Waals surface area (Å²) in [6.07, 6.45) is 7.87. The van der Waals surface area contributed by atoms with E-state index in [-0.39, 0.29) is 6.03 Å². The molecular formula is C17H25N3O2S. The SMILES string of the molecule is CCC1CCc2nc(NC(=O)NC3CC34CCOCC4)sc2C1. The topological polar surface area (TPSA) is 63.2 Å². The van der Waals surface area contributed by atoms with Crippen LogP contribution in [0.25, 0.3) is 0 Å². The number of carbonyl (C=O) groups is 1. The molecule has 0 aromatic carbocycles. The summed E-state index contributed by atoms with van der Waals surface area (Å²) in [7, 11) is 0. The highest BCUT2D eigenvalue weighted by Gasteiger charge is 2.55. The smallest absolute Gasteiger partial charge is 0.321 e. The molecule has 2 fully saturated rings. The van der Waals surface area contributed by atoms with Gasteiger partial charge in [-0.3, -0.25) is 5.32 Å². The molecule has 5 nitrogen and oxygen atoms in total. The summed E-state index contributed by atoms with van der Waals surface area (Å²) in [5.41, 5.74) is 1.51. The minimum atomic E-state index is -0.100. The van der Waals surface area contributed by atoms with Gasteiger partial charge in [-0.15, -0.1) is 11.3 Å². The lowest BCUT2D eigenvalue weighted by molar-refractivity contribution is 0.0548. The second kappa shape index (κ2) is 6.06. The van der Waals surface area contributed by atoms with Gasteiger partial charge >= 0.3 is 6.03 Å². The quantitative estimate of drug-likeness (QED) is 0.890. The van der Waals surface area contributed by atoms with Gasteiger partial charge in [0, 0.05) is 24.1 Å². The molecule has 2 heterocycles. The number of ether oxygens (including phenoxy) is 1. The van der Waals surface area contributed by atoms with Gasteiger partial charge in [-0.1, -0.05) is 13.3 Å². The van der Waals surface area contributed by atoms with E-state index in [0.29, 0.717) is 11.5 Å². The first-order valence-corrected chi connectivity index (χ1v) is 9.64. The first kappa shape index (κ1) is 15.4. The zero-order valence-corrected chi connectivity index (χ0v) is 14.5. The lowest BCUT2D eigenvalue weighted by Crippen LogP contribution is -2.35. The van der Waals surface area contributed by atoms with Gasteiger partial charge in [0.05, 0.1) is 5.69 Å². The zero-order chi connectivity index (χ0) is 15.9. The second-order valence-corrected chi connectivity index (χ2v) is 8.32. The number of amides is 2. The van der Waals surface area contributed by atoms with Crippen LogP contribution < -0.4 is 10.6 Å². The summed E-state index contributed by atoms with van der Waals surface area (Å²) in [4.78, 5) is 18.2. The van der Waals surface area contributed by atoms with Gasteiger partial charge in [0.2, 0.25) is 0 Å². The number of carbonyl (C=O) groups excluding carboxylic acids is 1. The first-order valence-electron chi connectivity index (χ1n) is 8.82. The van der Waals surface area contributed by atoms with Gasteiger partial charge in [0.25, 0.3) is 0 Å². The molecule has 4 rings (SSSR count). The molecule has 2 aliphatic carbocycles. The van der Waals surface area contributed by atoms with Crippen molar-refractivity contribution in [3.63, 3.8) is 0 Å². The maximum atomic E-state index is 12.2. The molecule has 2 unspecified atom stereocenters. The van der Waals surface area contributed by atoms with Crippen molar-refractivity contribution < 1.29 is 9.53 Å². The van der Waals surface area contributed by atoms with Gasteiger partial charge in [-0.05, 0) is 49.9 Å². The average molecular weight is 335 g/mol.